The second-order valence-corrected chi connectivity index (χ2v) is 7.23. The van der Waals surface area contributed by atoms with Crippen LogP contribution in [0.1, 0.15) is 0 Å². The molecule has 3 N–H and O–H groups in total. The Morgan fingerprint density at radius 3 is 2.60 bits per heavy atom. The molecule has 0 saturated carbocycles. The first-order valence-corrected chi connectivity index (χ1v) is 8.26. The summed E-state index contributed by atoms with van der Waals surface area (Å²) in [7, 11) is -4.10. The molecule has 0 bridgehead atoms. The van der Waals surface area contributed by atoms with Gasteiger partial charge in [-0.1, -0.05) is 17.7 Å². The van der Waals surface area contributed by atoms with Crippen molar-refractivity contribution in [1.82, 2.24) is 0 Å². The highest BCUT2D eigenvalue weighted by atomic mass is 127. The predicted molar refractivity (Wildman–Crippen MR) is 85.8 cm³/mol. The molecule has 0 atom stereocenters. The first kappa shape index (κ1) is 15.3. The quantitative estimate of drug-likeness (QED) is 0.583. The highest BCUT2D eigenvalue weighted by molar-refractivity contribution is 14.1. The lowest BCUT2D eigenvalue weighted by atomic mass is 10.3. The minimum Gasteiger partial charge on any atom is -0.399 e. The van der Waals surface area contributed by atoms with Crippen molar-refractivity contribution in [3.05, 3.63) is 50.8 Å². The SMILES string of the molecule is Nc1cc(Cl)c(F)c(S(=O)(=O)Nc2cccc(I)c2)c1. The first-order valence-electron chi connectivity index (χ1n) is 5.32. The molecule has 8 heteroatoms. The molecular weight excluding hydrogens is 418 g/mol. The van der Waals surface area contributed by atoms with Gasteiger partial charge in [0.05, 0.1) is 5.02 Å². The molecule has 0 aliphatic carbocycles. The van der Waals surface area contributed by atoms with Crippen molar-refractivity contribution in [3.8, 4) is 0 Å². The van der Waals surface area contributed by atoms with Gasteiger partial charge in [0.15, 0.2) is 5.82 Å². The first-order chi connectivity index (χ1) is 9.29. The Morgan fingerprint density at radius 1 is 1.25 bits per heavy atom. The maximum atomic E-state index is 13.9. The normalized spacial score (nSPS) is 11.3. The average Bonchev–Trinajstić information content (AvgIpc) is 2.33. The fourth-order valence-corrected chi connectivity index (χ4v) is 3.55. The van der Waals surface area contributed by atoms with Gasteiger partial charge in [-0.25, -0.2) is 12.8 Å². The molecule has 2 aromatic rings. The standard InChI is InChI=1S/C12H9ClFIN2O2S/c13-10-5-8(16)6-11(12(10)14)20(18,19)17-9-3-1-2-7(15)4-9/h1-6,17H,16H2. The fraction of sp³-hybridized carbons (Fsp3) is 0. The summed E-state index contributed by atoms with van der Waals surface area (Å²) in [6, 6.07) is 8.84. The van der Waals surface area contributed by atoms with Gasteiger partial charge in [0.2, 0.25) is 0 Å². The van der Waals surface area contributed by atoms with Gasteiger partial charge in [0.1, 0.15) is 4.90 Å². The summed E-state index contributed by atoms with van der Waals surface area (Å²) in [5, 5.41) is -0.340. The highest BCUT2D eigenvalue weighted by Gasteiger charge is 2.22. The third-order valence-corrected chi connectivity index (χ3v) is 4.71. The third-order valence-electron chi connectivity index (χ3n) is 2.38. The van der Waals surface area contributed by atoms with Crippen molar-refractivity contribution >= 4 is 55.6 Å². The minimum absolute atomic E-state index is 0.0689. The van der Waals surface area contributed by atoms with Gasteiger partial charge < -0.3 is 5.73 Å². The van der Waals surface area contributed by atoms with E-state index < -0.39 is 20.7 Å². The van der Waals surface area contributed by atoms with E-state index >= 15 is 0 Å². The molecule has 0 aliphatic heterocycles. The smallest absolute Gasteiger partial charge is 0.264 e. The van der Waals surface area contributed by atoms with Crippen LogP contribution < -0.4 is 10.5 Å². The summed E-state index contributed by atoms with van der Waals surface area (Å²) in [6.45, 7) is 0. The molecule has 106 valence electrons. The second kappa shape index (κ2) is 5.74. The van der Waals surface area contributed by atoms with Crippen molar-refractivity contribution in [2.75, 3.05) is 10.5 Å². The van der Waals surface area contributed by atoms with E-state index in [9.17, 15) is 12.8 Å². The fourth-order valence-electron chi connectivity index (χ4n) is 1.54. The zero-order valence-electron chi connectivity index (χ0n) is 9.90. The molecule has 0 heterocycles. The van der Waals surface area contributed by atoms with Crippen molar-refractivity contribution in [3.63, 3.8) is 0 Å². The number of hydrogen-bond acceptors (Lipinski definition) is 3. The van der Waals surface area contributed by atoms with Gasteiger partial charge in [-0.2, -0.15) is 0 Å². The van der Waals surface area contributed by atoms with Crippen LogP contribution in [0, 0.1) is 9.39 Å². The molecule has 0 aliphatic rings. The number of nitrogens with two attached hydrogens (primary N) is 1. The topological polar surface area (TPSA) is 72.2 Å². The molecule has 2 rings (SSSR count). The van der Waals surface area contributed by atoms with Crippen molar-refractivity contribution in [2.45, 2.75) is 4.90 Å². The largest absolute Gasteiger partial charge is 0.399 e. The molecule has 2 aromatic carbocycles. The number of nitrogens with one attached hydrogen (secondary N) is 1. The van der Waals surface area contributed by atoms with E-state index in [1.54, 1.807) is 24.3 Å². The zero-order chi connectivity index (χ0) is 14.9. The maximum Gasteiger partial charge on any atom is 0.264 e. The number of hydrogen-bond donors (Lipinski definition) is 2. The molecular formula is C12H9ClFIN2O2S. The predicted octanol–water partition coefficient (Wildman–Crippen LogP) is 3.47. The zero-order valence-corrected chi connectivity index (χ0v) is 13.6. The van der Waals surface area contributed by atoms with Gasteiger partial charge in [-0.05, 0) is 52.9 Å². The van der Waals surface area contributed by atoms with E-state index in [4.69, 9.17) is 17.3 Å². The van der Waals surface area contributed by atoms with E-state index in [0.717, 1.165) is 15.7 Å². The molecule has 0 amide bonds. The molecule has 20 heavy (non-hydrogen) atoms. The summed E-state index contributed by atoms with van der Waals surface area (Å²) in [5.74, 6) is -1.03. The summed E-state index contributed by atoms with van der Waals surface area (Å²) in [4.78, 5) is -0.582. The van der Waals surface area contributed by atoms with Crippen LogP contribution in [0.15, 0.2) is 41.3 Å². The summed E-state index contributed by atoms with van der Waals surface area (Å²) in [5.41, 5.74) is 5.90. The average molecular weight is 427 g/mol. The van der Waals surface area contributed by atoms with E-state index in [1.165, 1.54) is 0 Å². The van der Waals surface area contributed by atoms with Crippen LogP contribution in [0.5, 0.6) is 0 Å². The number of sulfonamides is 1. The molecule has 4 nitrogen and oxygen atoms in total. The van der Waals surface area contributed by atoms with E-state index in [1.807, 2.05) is 22.6 Å². The Bertz CT molecular complexity index is 768. The number of rotatable bonds is 3. The number of nitrogen functional groups attached to an aromatic ring is 1. The summed E-state index contributed by atoms with van der Waals surface area (Å²) in [6.07, 6.45) is 0. The molecule has 0 unspecified atom stereocenters. The highest BCUT2D eigenvalue weighted by Crippen LogP contribution is 2.27. The lowest BCUT2D eigenvalue weighted by Crippen LogP contribution is -2.15. The Balaban J connectivity index is 2.46. The molecule has 0 fully saturated rings. The lowest BCUT2D eigenvalue weighted by Gasteiger charge is -2.10. The molecule has 0 saturated heterocycles. The number of anilines is 2. The Kier molecular flexibility index (Phi) is 4.40. The van der Waals surface area contributed by atoms with Gasteiger partial charge in [-0.15, -0.1) is 0 Å². The minimum atomic E-state index is -4.10. The van der Waals surface area contributed by atoms with E-state index in [2.05, 4.69) is 4.72 Å². The molecule has 0 aromatic heterocycles. The Labute approximate surface area is 134 Å². The molecule has 0 spiro atoms. The third kappa shape index (κ3) is 3.33. The lowest BCUT2D eigenvalue weighted by molar-refractivity contribution is 0.571. The van der Waals surface area contributed by atoms with Crippen LogP contribution in [0.3, 0.4) is 0 Å². The van der Waals surface area contributed by atoms with Crippen LogP contribution in [-0.2, 0) is 10.0 Å². The van der Waals surface area contributed by atoms with Crippen molar-refractivity contribution in [2.24, 2.45) is 0 Å². The van der Waals surface area contributed by atoms with Gasteiger partial charge in [0.25, 0.3) is 10.0 Å². The van der Waals surface area contributed by atoms with Gasteiger partial charge in [-0.3, -0.25) is 4.72 Å². The summed E-state index contributed by atoms with van der Waals surface area (Å²) < 4.78 is 41.3. The van der Waals surface area contributed by atoms with Crippen LogP contribution in [0.25, 0.3) is 0 Å². The van der Waals surface area contributed by atoms with E-state index in [0.29, 0.717) is 5.69 Å². The van der Waals surface area contributed by atoms with Crippen LogP contribution >= 0.6 is 34.2 Å². The van der Waals surface area contributed by atoms with Crippen LogP contribution in [0.2, 0.25) is 5.02 Å². The van der Waals surface area contributed by atoms with E-state index in [-0.39, 0.29) is 10.7 Å². The number of halogens is 3. The van der Waals surface area contributed by atoms with Crippen molar-refractivity contribution in [1.29, 1.82) is 0 Å². The van der Waals surface area contributed by atoms with Gasteiger partial charge >= 0.3 is 0 Å². The molecule has 0 radical (unpaired) electrons. The van der Waals surface area contributed by atoms with Gasteiger partial charge in [0, 0.05) is 14.9 Å². The van der Waals surface area contributed by atoms with Crippen LogP contribution in [-0.4, -0.2) is 8.42 Å². The monoisotopic (exact) mass is 426 g/mol. The van der Waals surface area contributed by atoms with Crippen molar-refractivity contribution < 1.29 is 12.8 Å². The van der Waals surface area contributed by atoms with Crippen LogP contribution in [0.4, 0.5) is 15.8 Å². The Hall–Kier alpha value is -1.06. The number of benzene rings is 2. The summed E-state index contributed by atoms with van der Waals surface area (Å²) >= 11 is 7.64. The maximum absolute atomic E-state index is 13.9. The Morgan fingerprint density at radius 2 is 1.95 bits per heavy atom. The second-order valence-electron chi connectivity index (χ2n) is 3.93.